The van der Waals surface area contributed by atoms with Gasteiger partial charge in [-0.1, -0.05) is 39.7 Å². The highest BCUT2D eigenvalue weighted by molar-refractivity contribution is 9.10. The molecule has 0 unspecified atom stereocenters. The zero-order valence-electron chi connectivity index (χ0n) is 11.7. The van der Waals surface area contributed by atoms with Gasteiger partial charge in [-0.2, -0.15) is 0 Å². The number of rotatable bonds is 3. The number of hydrogen-bond donors (Lipinski definition) is 1. The maximum absolute atomic E-state index is 11.8. The summed E-state index contributed by atoms with van der Waals surface area (Å²) in [6.07, 6.45) is 0. The van der Waals surface area contributed by atoms with E-state index in [0.717, 1.165) is 10.0 Å². The summed E-state index contributed by atoms with van der Waals surface area (Å²) in [4.78, 5) is 19.5. The Bertz CT molecular complexity index is 843. The number of hydrogen-bond acceptors (Lipinski definition) is 3. The van der Waals surface area contributed by atoms with E-state index in [-0.39, 0.29) is 0 Å². The number of H-pyrrole nitrogens is 1. The van der Waals surface area contributed by atoms with Crippen LogP contribution in [0.4, 0.5) is 0 Å². The molecule has 4 nitrogen and oxygen atoms in total. The number of esters is 1. The molecule has 0 aliphatic heterocycles. The topological polar surface area (TPSA) is 55.0 Å². The quantitative estimate of drug-likeness (QED) is 0.664. The zero-order chi connectivity index (χ0) is 15.7. The van der Waals surface area contributed by atoms with E-state index in [2.05, 4.69) is 25.9 Å². The SMILES string of the molecule is CCOC(=O)c1cc(Cl)c2nc(-c3ccc(Br)cc3)[nH]c2c1. The zero-order valence-corrected chi connectivity index (χ0v) is 14.0. The lowest BCUT2D eigenvalue weighted by Crippen LogP contribution is -2.04. The van der Waals surface area contributed by atoms with Crippen LogP contribution < -0.4 is 0 Å². The highest BCUT2D eigenvalue weighted by Gasteiger charge is 2.14. The number of aromatic amines is 1. The molecule has 112 valence electrons. The minimum Gasteiger partial charge on any atom is -0.462 e. The maximum atomic E-state index is 11.8. The molecule has 0 amide bonds. The van der Waals surface area contributed by atoms with Crippen molar-refractivity contribution < 1.29 is 9.53 Å². The molecule has 0 radical (unpaired) electrons. The van der Waals surface area contributed by atoms with Gasteiger partial charge >= 0.3 is 5.97 Å². The first-order valence-corrected chi connectivity index (χ1v) is 7.88. The van der Waals surface area contributed by atoms with Crippen molar-refractivity contribution in [3.63, 3.8) is 0 Å². The number of carbonyl (C=O) groups is 1. The molecule has 0 atom stereocenters. The predicted octanol–water partition coefficient (Wildman–Crippen LogP) is 4.82. The Morgan fingerprint density at radius 3 is 2.73 bits per heavy atom. The molecule has 0 spiro atoms. The number of carbonyl (C=O) groups excluding carboxylic acids is 1. The van der Waals surface area contributed by atoms with Crippen molar-refractivity contribution in [3.05, 3.63) is 51.5 Å². The number of nitrogens with zero attached hydrogens (tertiary/aromatic N) is 1. The third kappa shape index (κ3) is 2.87. The molecule has 22 heavy (non-hydrogen) atoms. The van der Waals surface area contributed by atoms with Crippen LogP contribution in [0.25, 0.3) is 22.4 Å². The molecule has 0 aliphatic carbocycles. The first-order valence-electron chi connectivity index (χ1n) is 6.71. The van der Waals surface area contributed by atoms with Gasteiger partial charge in [0.25, 0.3) is 0 Å². The summed E-state index contributed by atoms with van der Waals surface area (Å²) in [6, 6.07) is 11.1. The summed E-state index contributed by atoms with van der Waals surface area (Å²) in [5.41, 5.74) is 2.68. The molecule has 1 heterocycles. The fourth-order valence-corrected chi connectivity index (χ4v) is 2.68. The van der Waals surface area contributed by atoms with Gasteiger partial charge in [-0.25, -0.2) is 9.78 Å². The van der Waals surface area contributed by atoms with Crippen molar-refractivity contribution in [2.24, 2.45) is 0 Å². The summed E-state index contributed by atoms with van der Waals surface area (Å²) < 4.78 is 5.99. The summed E-state index contributed by atoms with van der Waals surface area (Å²) in [5, 5.41) is 0.417. The van der Waals surface area contributed by atoms with E-state index < -0.39 is 5.97 Å². The van der Waals surface area contributed by atoms with Crippen LogP contribution in [0.15, 0.2) is 40.9 Å². The Morgan fingerprint density at radius 2 is 2.05 bits per heavy atom. The molecule has 0 saturated carbocycles. The van der Waals surface area contributed by atoms with E-state index in [4.69, 9.17) is 16.3 Å². The van der Waals surface area contributed by atoms with E-state index >= 15 is 0 Å². The third-order valence-corrected chi connectivity index (χ3v) is 3.99. The first kappa shape index (κ1) is 15.1. The average molecular weight is 380 g/mol. The van der Waals surface area contributed by atoms with Crippen molar-refractivity contribution in [2.45, 2.75) is 6.92 Å². The number of benzene rings is 2. The molecular formula is C16H12BrClN2O2. The van der Waals surface area contributed by atoms with Crippen molar-refractivity contribution in [1.82, 2.24) is 9.97 Å². The van der Waals surface area contributed by atoms with Gasteiger partial charge in [0.05, 0.1) is 22.7 Å². The van der Waals surface area contributed by atoms with E-state index in [9.17, 15) is 4.79 Å². The highest BCUT2D eigenvalue weighted by Crippen LogP contribution is 2.28. The van der Waals surface area contributed by atoms with Crippen LogP contribution in [0, 0.1) is 0 Å². The minimum atomic E-state index is -0.397. The van der Waals surface area contributed by atoms with Gasteiger partial charge < -0.3 is 9.72 Å². The Kier molecular flexibility index (Phi) is 4.18. The van der Waals surface area contributed by atoms with Gasteiger partial charge in [0, 0.05) is 10.0 Å². The third-order valence-electron chi connectivity index (χ3n) is 3.17. The van der Waals surface area contributed by atoms with Crippen LogP contribution in [0.2, 0.25) is 5.02 Å². The van der Waals surface area contributed by atoms with E-state index in [1.807, 2.05) is 24.3 Å². The second-order valence-electron chi connectivity index (χ2n) is 4.67. The number of fused-ring (bicyclic) bond motifs is 1. The first-order chi connectivity index (χ1) is 10.6. The van der Waals surface area contributed by atoms with Crippen molar-refractivity contribution in [1.29, 1.82) is 0 Å². The fraction of sp³-hybridized carbons (Fsp3) is 0.125. The molecule has 1 N–H and O–H groups in total. The molecule has 1 aromatic heterocycles. The van der Waals surface area contributed by atoms with E-state index in [1.54, 1.807) is 19.1 Å². The van der Waals surface area contributed by atoms with Gasteiger partial charge in [0.2, 0.25) is 0 Å². The predicted molar refractivity (Wildman–Crippen MR) is 90.2 cm³/mol. The lowest BCUT2D eigenvalue weighted by atomic mass is 10.2. The molecule has 0 saturated heterocycles. The van der Waals surface area contributed by atoms with E-state index in [0.29, 0.717) is 34.1 Å². The second-order valence-corrected chi connectivity index (χ2v) is 5.99. The lowest BCUT2D eigenvalue weighted by molar-refractivity contribution is 0.0526. The Balaban J connectivity index is 2.07. The molecule has 0 fully saturated rings. The number of halogens is 2. The summed E-state index contributed by atoms with van der Waals surface area (Å²) in [5.74, 6) is 0.302. The molecule has 0 aliphatic rings. The summed E-state index contributed by atoms with van der Waals surface area (Å²) >= 11 is 9.64. The molecule has 0 bridgehead atoms. The number of ether oxygens (including phenoxy) is 1. The molecule has 3 aromatic rings. The monoisotopic (exact) mass is 378 g/mol. The van der Waals surface area contributed by atoms with Crippen LogP contribution in [-0.4, -0.2) is 22.5 Å². The summed E-state index contributed by atoms with van der Waals surface area (Å²) in [7, 11) is 0. The summed E-state index contributed by atoms with van der Waals surface area (Å²) in [6.45, 7) is 2.08. The molecule has 6 heteroatoms. The standard InChI is InChI=1S/C16H12BrClN2O2/c1-2-22-16(21)10-7-12(18)14-13(8-10)19-15(20-14)9-3-5-11(17)6-4-9/h3-8H,2H2,1H3,(H,19,20). The van der Waals surface area contributed by atoms with Crippen molar-refractivity contribution in [3.8, 4) is 11.4 Å². The average Bonchev–Trinajstić information content (AvgIpc) is 2.93. The van der Waals surface area contributed by atoms with E-state index in [1.165, 1.54) is 0 Å². The largest absolute Gasteiger partial charge is 0.462 e. The maximum Gasteiger partial charge on any atom is 0.338 e. The van der Waals surface area contributed by atoms with Gasteiger partial charge in [-0.15, -0.1) is 0 Å². The number of imidazole rings is 1. The Hall–Kier alpha value is -1.85. The number of nitrogens with one attached hydrogen (secondary N) is 1. The van der Waals surface area contributed by atoms with Crippen LogP contribution in [-0.2, 0) is 4.74 Å². The van der Waals surface area contributed by atoms with Crippen LogP contribution >= 0.6 is 27.5 Å². The Morgan fingerprint density at radius 1 is 1.32 bits per heavy atom. The molecular weight excluding hydrogens is 368 g/mol. The second kappa shape index (κ2) is 6.10. The van der Waals surface area contributed by atoms with Crippen LogP contribution in [0.3, 0.4) is 0 Å². The van der Waals surface area contributed by atoms with Crippen molar-refractivity contribution >= 4 is 44.5 Å². The molecule has 2 aromatic carbocycles. The van der Waals surface area contributed by atoms with Gasteiger partial charge in [0.15, 0.2) is 0 Å². The lowest BCUT2D eigenvalue weighted by Gasteiger charge is -2.02. The molecule has 3 rings (SSSR count). The smallest absolute Gasteiger partial charge is 0.338 e. The van der Waals surface area contributed by atoms with Gasteiger partial charge in [-0.05, 0) is 31.2 Å². The van der Waals surface area contributed by atoms with Crippen molar-refractivity contribution in [2.75, 3.05) is 6.61 Å². The van der Waals surface area contributed by atoms with Gasteiger partial charge in [-0.3, -0.25) is 0 Å². The van der Waals surface area contributed by atoms with Crippen LogP contribution in [0.1, 0.15) is 17.3 Å². The minimum absolute atomic E-state index is 0.321. The normalized spacial score (nSPS) is 10.9. The highest BCUT2D eigenvalue weighted by atomic mass is 79.9. The van der Waals surface area contributed by atoms with Crippen LogP contribution in [0.5, 0.6) is 0 Å². The fourth-order valence-electron chi connectivity index (χ4n) is 2.15. The van der Waals surface area contributed by atoms with Gasteiger partial charge in [0.1, 0.15) is 11.3 Å². The Labute approximate surface area is 140 Å². The number of aromatic nitrogens is 2.